The van der Waals surface area contributed by atoms with Crippen LogP contribution >= 0.6 is 22.9 Å². The van der Waals surface area contributed by atoms with Gasteiger partial charge in [-0.3, -0.25) is 0 Å². The second-order valence-corrected chi connectivity index (χ2v) is 6.15. The Kier molecular flexibility index (Phi) is 4.86. The predicted molar refractivity (Wildman–Crippen MR) is 82.1 cm³/mol. The van der Waals surface area contributed by atoms with Crippen molar-refractivity contribution in [3.05, 3.63) is 50.7 Å². The molecule has 1 aromatic carbocycles. The molecule has 2 nitrogen and oxygen atoms in total. The van der Waals surface area contributed by atoms with Crippen LogP contribution < -0.4 is 10.5 Å². The molecular formula is C15H18ClNOS. The summed E-state index contributed by atoms with van der Waals surface area (Å²) in [6.07, 6.45) is 1.06. The lowest BCUT2D eigenvalue weighted by molar-refractivity contribution is 0.310. The van der Waals surface area contributed by atoms with Gasteiger partial charge in [-0.05, 0) is 43.2 Å². The van der Waals surface area contributed by atoms with E-state index < -0.39 is 0 Å². The Hall–Kier alpha value is -1.03. The van der Waals surface area contributed by atoms with Crippen molar-refractivity contribution in [2.24, 2.45) is 5.73 Å². The number of rotatable bonds is 5. The maximum atomic E-state index is 6.20. The van der Waals surface area contributed by atoms with Crippen molar-refractivity contribution in [3.8, 4) is 5.75 Å². The van der Waals surface area contributed by atoms with Crippen LogP contribution in [-0.4, -0.2) is 0 Å². The smallest absolute Gasteiger partial charge is 0.138 e. The fraction of sp³-hybridized carbons (Fsp3) is 0.333. The molecule has 0 aliphatic carbocycles. The summed E-state index contributed by atoms with van der Waals surface area (Å²) in [7, 11) is 0. The summed E-state index contributed by atoms with van der Waals surface area (Å²) in [6, 6.07) is 9.94. The van der Waals surface area contributed by atoms with Crippen molar-refractivity contribution in [2.45, 2.75) is 32.9 Å². The van der Waals surface area contributed by atoms with Gasteiger partial charge in [0.15, 0.2) is 0 Å². The zero-order valence-corrected chi connectivity index (χ0v) is 12.7. The predicted octanol–water partition coefficient (Wildman–Crippen LogP) is 4.56. The molecule has 0 fully saturated rings. The normalized spacial score (nSPS) is 12.4. The molecule has 102 valence electrons. The molecule has 1 atom stereocenters. The first kappa shape index (κ1) is 14.4. The van der Waals surface area contributed by atoms with Gasteiger partial charge in [0.25, 0.3) is 0 Å². The van der Waals surface area contributed by atoms with Crippen LogP contribution in [0.1, 0.15) is 35.2 Å². The van der Waals surface area contributed by atoms with Crippen molar-refractivity contribution in [2.75, 3.05) is 0 Å². The number of aryl methyl sites for hydroxylation is 1. The Bertz CT molecular complexity index is 551. The molecule has 2 rings (SSSR count). The number of halogens is 1. The Morgan fingerprint density at radius 3 is 2.58 bits per heavy atom. The molecule has 0 radical (unpaired) electrons. The molecule has 1 heterocycles. The maximum Gasteiger partial charge on any atom is 0.138 e. The van der Waals surface area contributed by atoms with E-state index in [2.05, 4.69) is 19.1 Å². The molecule has 0 unspecified atom stereocenters. The van der Waals surface area contributed by atoms with E-state index >= 15 is 0 Å². The molecule has 0 aliphatic rings. The lowest BCUT2D eigenvalue weighted by Gasteiger charge is -2.10. The standard InChI is InChI=1S/C15H18ClNOS/c1-3-12-5-6-13(19-12)9-18-15-7-4-11(10(2)17)8-14(15)16/h4-8,10H,3,9,17H2,1-2H3/t10-/m1/s1. The van der Waals surface area contributed by atoms with Gasteiger partial charge in [0.1, 0.15) is 12.4 Å². The highest BCUT2D eigenvalue weighted by Gasteiger charge is 2.07. The lowest BCUT2D eigenvalue weighted by Crippen LogP contribution is -2.05. The number of nitrogens with two attached hydrogens (primary N) is 1. The topological polar surface area (TPSA) is 35.2 Å². The fourth-order valence-corrected chi connectivity index (χ4v) is 2.87. The third-order valence-corrected chi connectivity index (χ3v) is 4.42. The second-order valence-electron chi connectivity index (χ2n) is 4.49. The molecule has 0 saturated carbocycles. The van der Waals surface area contributed by atoms with Gasteiger partial charge in [0, 0.05) is 15.8 Å². The highest BCUT2D eigenvalue weighted by Crippen LogP contribution is 2.28. The highest BCUT2D eigenvalue weighted by atomic mass is 35.5. The molecular weight excluding hydrogens is 278 g/mol. The fourth-order valence-electron chi connectivity index (χ4n) is 1.76. The van der Waals surface area contributed by atoms with Crippen LogP contribution in [0.15, 0.2) is 30.3 Å². The summed E-state index contributed by atoms with van der Waals surface area (Å²) < 4.78 is 5.75. The molecule has 2 aromatic rings. The molecule has 0 spiro atoms. The SMILES string of the molecule is CCc1ccc(COc2ccc([C@@H](C)N)cc2Cl)s1. The maximum absolute atomic E-state index is 6.20. The van der Waals surface area contributed by atoms with E-state index in [9.17, 15) is 0 Å². The zero-order chi connectivity index (χ0) is 13.8. The molecule has 19 heavy (non-hydrogen) atoms. The molecule has 1 aromatic heterocycles. The number of thiophene rings is 1. The lowest BCUT2D eigenvalue weighted by atomic mass is 10.1. The summed E-state index contributed by atoms with van der Waals surface area (Å²) in [5.74, 6) is 0.706. The molecule has 0 aliphatic heterocycles. The number of ether oxygens (including phenoxy) is 1. The van der Waals surface area contributed by atoms with E-state index in [-0.39, 0.29) is 6.04 Å². The van der Waals surface area contributed by atoms with E-state index in [0.29, 0.717) is 17.4 Å². The van der Waals surface area contributed by atoms with Crippen LogP contribution in [0.2, 0.25) is 5.02 Å². The van der Waals surface area contributed by atoms with Gasteiger partial charge in [-0.2, -0.15) is 0 Å². The minimum Gasteiger partial charge on any atom is -0.487 e. The minimum atomic E-state index is -0.0176. The third kappa shape index (κ3) is 3.72. The van der Waals surface area contributed by atoms with Crippen LogP contribution in [0, 0.1) is 0 Å². The van der Waals surface area contributed by atoms with E-state index in [1.54, 1.807) is 11.3 Å². The Morgan fingerprint density at radius 2 is 2.00 bits per heavy atom. The van der Waals surface area contributed by atoms with Crippen LogP contribution in [0.25, 0.3) is 0 Å². The van der Waals surface area contributed by atoms with Crippen LogP contribution in [0.3, 0.4) is 0 Å². The number of benzene rings is 1. The zero-order valence-electron chi connectivity index (χ0n) is 11.2. The summed E-state index contributed by atoms with van der Waals surface area (Å²) in [5, 5.41) is 0.613. The van der Waals surface area contributed by atoms with Gasteiger partial charge >= 0.3 is 0 Å². The minimum absolute atomic E-state index is 0.0176. The van der Waals surface area contributed by atoms with Crippen molar-refractivity contribution in [1.82, 2.24) is 0 Å². The van der Waals surface area contributed by atoms with Gasteiger partial charge < -0.3 is 10.5 Å². The Labute approximate surface area is 123 Å². The first-order valence-electron chi connectivity index (χ1n) is 6.35. The van der Waals surface area contributed by atoms with Gasteiger partial charge in [-0.15, -0.1) is 11.3 Å². The van der Waals surface area contributed by atoms with Crippen molar-refractivity contribution in [1.29, 1.82) is 0 Å². The average molecular weight is 296 g/mol. The van der Waals surface area contributed by atoms with Gasteiger partial charge in [-0.1, -0.05) is 24.6 Å². The van der Waals surface area contributed by atoms with E-state index in [4.69, 9.17) is 22.1 Å². The quantitative estimate of drug-likeness (QED) is 0.877. The molecule has 0 saturated heterocycles. The van der Waals surface area contributed by atoms with E-state index in [1.807, 2.05) is 25.1 Å². The van der Waals surface area contributed by atoms with Gasteiger partial charge in [0.05, 0.1) is 5.02 Å². The van der Waals surface area contributed by atoms with Crippen LogP contribution in [0.5, 0.6) is 5.75 Å². The van der Waals surface area contributed by atoms with Crippen LogP contribution in [-0.2, 0) is 13.0 Å². The summed E-state index contributed by atoms with van der Waals surface area (Å²) in [6.45, 7) is 4.64. The number of hydrogen-bond acceptors (Lipinski definition) is 3. The second kappa shape index (κ2) is 6.42. The first-order valence-corrected chi connectivity index (χ1v) is 7.55. The molecule has 0 bridgehead atoms. The molecule has 2 N–H and O–H groups in total. The largest absolute Gasteiger partial charge is 0.487 e. The average Bonchev–Trinajstić information content (AvgIpc) is 2.85. The van der Waals surface area contributed by atoms with Crippen molar-refractivity contribution in [3.63, 3.8) is 0 Å². The molecule has 4 heteroatoms. The van der Waals surface area contributed by atoms with E-state index in [0.717, 1.165) is 12.0 Å². The summed E-state index contributed by atoms with van der Waals surface area (Å²) in [5.41, 5.74) is 6.83. The summed E-state index contributed by atoms with van der Waals surface area (Å²) >= 11 is 7.97. The van der Waals surface area contributed by atoms with Gasteiger partial charge in [-0.25, -0.2) is 0 Å². The Morgan fingerprint density at radius 1 is 1.26 bits per heavy atom. The van der Waals surface area contributed by atoms with E-state index in [1.165, 1.54) is 9.75 Å². The van der Waals surface area contributed by atoms with Crippen molar-refractivity contribution < 1.29 is 4.74 Å². The van der Waals surface area contributed by atoms with Gasteiger partial charge in [0.2, 0.25) is 0 Å². The highest BCUT2D eigenvalue weighted by molar-refractivity contribution is 7.11. The monoisotopic (exact) mass is 295 g/mol. The summed E-state index contributed by atoms with van der Waals surface area (Å²) in [4.78, 5) is 2.58. The number of hydrogen-bond donors (Lipinski definition) is 1. The first-order chi connectivity index (χ1) is 9.10. The van der Waals surface area contributed by atoms with Crippen molar-refractivity contribution >= 4 is 22.9 Å². The molecule has 0 amide bonds. The van der Waals surface area contributed by atoms with Crippen LogP contribution in [0.4, 0.5) is 0 Å². The Balaban J connectivity index is 2.03. The third-order valence-electron chi connectivity index (χ3n) is 2.92.